The van der Waals surface area contributed by atoms with Gasteiger partial charge in [-0.3, -0.25) is 9.58 Å². The Balaban J connectivity index is 1.44. The zero-order valence-corrected chi connectivity index (χ0v) is 18.1. The topological polar surface area (TPSA) is 68.6 Å². The molecular weight excluding hydrogens is 380 g/mol. The molecule has 3 saturated heterocycles. The Morgan fingerprint density at radius 1 is 1.33 bits per heavy atom. The molecule has 0 saturated carbocycles. The van der Waals surface area contributed by atoms with Crippen molar-refractivity contribution in [2.45, 2.75) is 38.1 Å². The Morgan fingerprint density at radius 2 is 2.17 bits per heavy atom. The average Bonchev–Trinajstić information content (AvgIpc) is 3.17. The molecule has 4 atom stereocenters. The molecule has 30 heavy (non-hydrogen) atoms. The third-order valence-corrected chi connectivity index (χ3v) is 6.48. The van der Waals surface area contributed by atoms with Gasteiger partial charge in [-0.15, -0.1) is 0 Å². The number of alkyl carbamates (subject to hydrolysis) is 1. The molecule has 1 aromatic heterocycles. The van der Waals surface area contributed by atoms with E-state index in [2.05, 4.69) is 22.3 Å². The average molecular weight is 413 g/mol. The Labute approximate surface area is 178 Å². The maximum absolute atomic E-state index is 11.8. The highest BCUT2D eigenvalue weighted by atomic mass is 16.5. The van der Waals surface area contributed by atoms with Gasteiger partial charge < -0.3 is 14.8 Å². The summed E-state index contributed by atoms with van der Waals surface area (Å²) >= 11 is 0. The van der Waals surface area contributed by atoms with Crippen molar-refractivity contribution in [3.8, 4) is 17.0 Å². The highest BCUT2D eigenvalue weighted by molar-refractivity contribution is 5.67. The summed E-state index contributed by atoms with van der Waals surface area (Å²) in [5.41, 5.74) is 3.24. The lowest BCUT2D eigenvalue weighted by molar-refractivity contribution is -0.00414. The van der Waals surface area contributed by atoms with Crippen LogP contribution in [0.5, 0.6) is 5.75 Å². The van der Waals surface area contributed by atoms with Gasteiger partial charge in [0.15, 0.2) is 0 Å². The summed E-state index contributed by atoms with van der Waals surface area (Å²) < 4.78 is 13.0. The number of amides is 1. The summed E-state index contributed by atoms with van der Waals surface area (Å²) in [6.07, 6.45) is 2.85. The molecule has 0 aliphatic carbocycles. The summed E-state index contributed by atoms with van der Waals surface area (Å²) in [7, 11) is 3.73. The van der Waals surface area contributed by atoms with Crippen LogP contribution >= 0.6 is 0 Å². The number of nitrogens with one attached hydrogen (secondary N) is 1. The van der Waals surface area contributed by atoms with Gasteiger partial charge in [-0.25, -0.2) is 4.79 Å². The normalized spacial score (nSPS) is 25.2. The van der Waals surface area contributed by atoms with Gasteiger partial charge in [0.1, 0.15) is 12.4 Å². The molecule has 0 radical (unpaired) electrons. The first kappa shape index (κ1) is 20.7. The van der Waals surface area contributed by atoms with Crippen LogP contribution in [0, 0.1) is 5.92 Å². The Morgan fingerprint density at radius 3 is 2.90 bits per heavy atom. The maximum Gasteiger partial charge on any atom is 0.407 e. The Kier molecular flexibility index (Phi) is 6.27. The van der Waals surface area contributed by atoms with E-state index in [-0.39, 0.29) is 6.09 Å². The van der Waals surface area contributed by atoms with Crippen LogP contribution in [0.25, 0.3) is 11.3 Å². The van der Waals surface area contributed by atoms with E-state index >= 15 is 0 Å². The van der Waals surface area contributed by atoms with Gasteiger partial charge in [-0.05, 0) is 49.9 Å². The second-order valence-electron chi connectivity index (χ2n) is 8.34. The standard InChI is InChI=1S/C23H32N4O3/c1-4-10-24-23(28)30-15-17-12-16-9-11-27(17)14-19(16)21-13-20(25-26(21)2)18-7-5-6-8-22(18)29-3/h5-8,13,16-17,19H,4,9-12,14-15H2,1-3H3,(H,24,28)/t16-,17-,19+/m1/s1. The van der Waals surface area contributed by atoms with Crippen LogP contribution < -0.4 is 10.1 Å². The summed E-state index contributed by atoms with van der Waals surface area (Å²) in [5.74, 6) is 1.88. The van der Waals surface area contributed by atoms with Gasteiger partial charge in [-0.1, -0.05) is 19.1 Å². The van der Waals surface area contributed by atoms with Crippen LogP contribution in [0.1, 0.15) is 37.8 Å². The number of fused-ring (bicyclic) bond motifs is 3. The fourth-order valence-electron chi connectivity index (χ4n) is 4.91. The summed E-state index contributed by atoms with van der Waals surface area (Å²) in [5, 5.41) is 7.58. The second kappa shape index (κ2) is 9.08. The van der Waals surface area contributed by atoms with Gasteiger partial charge in [-0.2, -0.15) is 5.10 Å². The number of benzene rings is 1. The first-order chi connectivity index (χ1) is 14.6. The van der Waals surface area contributed by atoms with E-state index in [1.807, 2.05) is 36.9 Å². The molecule has 3 fully saturated rings. The molecule has 5 rings (SSSR count). The molecular formula is C23H32N4O3. The molecule has 1 unspecified atom stereocenters. The molecule has 3 aliphatic heterocycles. The van der Waals surface area contributed by atoms with Gasteiger partial charge in [0.05, 0.1) is 12.8 Å². The van der Waals surface area contributed by atoms with E-state index in [1.165, 1.54) is 12.1 Å². The van der Waals surface area contributed by atoms with E-state index in [1.54, 1.807) is 7.11 Å². The molecule has 2 aromatic rings. The molecule has 0 spiro atoms. The SMILES string of the molecule is CCCNC(=O)OC[C@H]1C[C@H]2CCN1C[C@@H]2c1cc(-c2ccccc2OC)nn1C. The number of carbonyl (C=O) groups is 1. The molecule has 1 N–H and O–H groups in total. The van der Waals surface area contributed by atoms with E-state index in [0.29, 0.717) is 31.0 Å². The zero-order chi connectivity index (χ0) is 21.1. The van der Waals surface area contributed by atoms with Crippen LogP contribution in [-0.2, 0) is 11.8 Å². The van der Waals surface area contributed by atoms with Gasteiger partial charge in [0.2, 0.25) is 0 Å². The van der Waals surface area contributed by atoms with Gasteiger partial charge in [0, 0.05) is 43.4 Å². The molecule has 7 heteroatoms. The van der Waals surface area contributed by atoms with E-state index in [0.717, 1.165) is 42.9 Å². The molecule has 2 bridgehead atoms. The Hall–Kier alpha value is -2.54. The monoisotopic (exact) mass is 412 g/mol. The third-order valence-electron chi connectivity index (χ3n) is 6.48. The number of hydrogen-bond donors (Lipinski definition) is 1. The quantitative estimate of drug-likeness (QED) is 0.755. The molecule has 162 valence electrons. The van der Waals surface area contributed by atoms with Crippen LogP contribution in [0.4, 0.5) is 4.79 Å². The van der Waals surface area contributed by atoms with Crippen LogP contribution in [0.15, 0.2) is 30.3 Å². The van der Waals surface area contributed by atoms with Gasteiger partial charge in [0.25, 0.3) is 0 Å². The smallest absolute Gasteiger partial charge is 0.407 e. The second-order valence-corrected chi connectivity index (χ2v) is 8.34. The largest absolute Gasteiger partial charge is 0.496 e. The van der Waals surface area contributed by atoms with Crippen molar-refractivity contribution < 1.29 is 14.3 Å². The lowest BCUT2D eigenvalue weighted by atomic mass is 9.74. The number of para-hydroxylation sites is 1. The van der Waals surface area contributed by atoms with Crippen molar-refractivity contribution in [2.24, 2.45) is 13.0 Å². The molecule has 3 aliphatic rings. The molecule has 1 amide bonds. The van der Waals surface area contributed by atoms with Crippen molar-refractivity contribution in [3.05, 3.63) is 36.0 Å². The minimum Gasteiger partial charge on any atom is -0.496 e. The number of nitrogens with zero attached hydrogens (tertiary/aromatic N) is 3. The highest BCUT2D eigenvalue weighted by Crippen LogP contribution is 2.43. The predicted molar refractivity (Wildman–Crippen MR) is 116 cm³/mol. The van der Waals surface area contributed by atoms with Crippen molar-refractivity contribution in [1.82, 2.24) is 20.0 Å². The molecule has 4 heterocycles. The minimum absolute atomic E-state index is 0.302. The maximum atomic E-state index is 11.8. The summed E-state index contributed by atoms with van der Waals surface area (Å²) in [6.45, 7) is 5.22. The van der Waals surface area contributed by atoms with Crippen molar-refractivity contribution in [2.75, 3.05) is 33.4 Å². The third kappa shape index (κ3) is 4.17. The highest BCUT2D eigenvalue weighted by Gasteiger charge is 2.42. The molecule has 7 nitrogen and oxygen atoms in total. The number of rotatable bonds is 7. The first-order valence-corrected chi connectivity index (χ1v) is 10.9. The number of piperidine rings is 3. The van der Waals surface area contributed by atoms with Crippen molar-refractivity contribution >= 4 is 6.09 Å². The van der Waals surface area contributed by atoms with Gasteiger partial charge >= 0.3 is 6.09 Å². The lowest BCUT2D eigenvalue weighted by Gasteiger charge is -2.49. The van der Waals surface area contributed by atoms with Crippen LogP contribution in [-0.4, -0.2) is 60.2 Å². The molecule has 1 aromatic carbocycles. The van der Waals surface area contributed by atoms with Crippen molar-refractivity contribution in [3.63, 3.8) is 0 Å². The van der Waals surface area contributed by atoms with E-state index in [9.17, 15) is 4.79 Å². The fraction of sp³-hybridized carbons (Fsp3) is 0.565. The number of aryl methyl sites for hydroxylation is 1. The fourth-order valence-corrected chi connectivity index (χ4v) is 4.91. The van der Waals surface area contributed by atoms with Crippen LogP contribution in [0.3, 0.4) is 0 Å². The lowest BCUT2D eigenvalue weighted by Crippen LogP contribution is -2.54. The first-order valence-electron chi connectivity index (χ1n) is 10.9. The summed E-state index contributed by atoms with van der Waals surface area (Å²) in [4.78, 5) is 14.3. The number of methoxy groups -OCH3 is 1. The van der Waals surface area contributed by atoms with Crippen LogP contribution in [0.2, 0.25) is 0 Å². The number of ether oxygens (including phenoxy) is 2. The minimum atomic E-state index is -0.302. The zero-order valence-electron chi connectivity index (χ0n) is 18.1. The Bertz CT molecular complexity index is 881. The number of hydrogen-bond acceptors (Lipinski definition) is 5. The number of carbonyl (C=O) groups excluding carboxylic acids is 1. The summed E-state index contributed by atoms with van der Waals surface area (Å²) in [6, 6.07) is 10.5. The number of aromatic nitrogens is 2. The predicted octanol–water partition coefficient (Wildman–Crippen LogP) is 3.41. The van der Waals surface area contributed by atoms with Crippen molar-refractivity contribution in [1.29, 1.82) is 0 Å². The van der Waals surface area contributed by atoms with E-state index in [4.69, 9.17) is 14.6 Å². The van der Waals surface area contributed by atoms with E-state index < -0.39 is 0 Å².